The van der Waals surface area contributed by atoms with Gasteiger partial charge in [-0.15, -0.1) is 0 Å². The molecule has 2 heterocycles. The molecule has 1 aromatic carbocycles. The second-order valence-corrected chi connectivity index (χ2v) is 5.51. The van der Waals surface area contributed by atoms with Crippen LogP contribution in [0.15, 0.2) is 60.9 Å². The third-order valence-corrected chi connectivity index (χ3v) is 3.62. The highest BCUT2D eigenvalue weighted by Gasteiger charge is 2.18. The summed E-state index contributed by atoms with van der Waals surface area (Å²) in [6.45, 7) is 0. The van der Waals surface area contributed by atoms with Crippen LogP contribution in [-0.4, -0.2) is 21.1 Å². The Bertz CT molecular complexity index is 774. The van der Waals surface area contributed by atoms with Gasteiger partial charge in [-0.3, -0.25) is 14.9 Å². The third-order valence-electron chi connectivity index (χ3n) is 3.38. The van der Waals surface area contributed by atoms with Gasteiger partial charge in [-0.25, -0.2) is 0 Å². The van der Waals surface area contributed by atoms with E-state index in [1.807, 2.05) is 36.4 Å². The molecule has 2 N–H and O–H groups in total. The maximum atomic E-state index is 12.3. The van der Waals surface area contributed by atoms with Crippen LogP contribution in [0.25, 0.3) is 0 Å². The van der Waals surface area contributed by atoms with E-state index in [1.54, 1.807) is 24.5 Å². The fraction of sp³-hybridized carbons (Fsp3) is 0.118. The molecule has 0 radical (unpaired) electrons. The molecule has 0 bridgehead atoms. The molecule has 1 unspecified atom stereocenters. The van der Waals surface area contributed by atoms with Gasteiger partial charge in [0.05, 0.1) is 18.2 Å². The smallest absolute Gasteiger partial charge is 0.226 e. The number of hydrogen-bond donors (Lipinski definition) is 2. The number of amides is 1. The maximum absolute atomic E-state index is 12.3. The van der Waals surface area contributed by atoms with Crippen LogP contribution in [0, 0.1) is 0 Å². The van der Waals surface area contributed by atoms with E-state index in [-0.39, 0.29) is 18.4 Å². The zero-order valence-corrected chi connectivity index (χ0v) is 13.0. The van der Waals surface area contributed by atoms with Crippen molar-refractivity contribution in [3.8, 4) is 0 Å². The minimum atomic E-state index is -0.356. The van der Waals surface area contributed by atoms with E-state index < -0.39 is 0 Å². The Morgan fingerprint density at radius 1 is 1.17 bits per heavy atom. The van der Waals surface area contributed by atoms with Crippen molar-refractivity contribution in [2.75, 3.05) is 0 Å². The fourth-order valence-corrected chi connectivity index (χ4v) is 2.53. The summed E-state index contributed by atoms with van der Waals surface area (Å²) in [7, 11) is 0. The van der Waals surface area contributed by atoms with Gasteiger partial charge >= 0.3 is 0 Å². The standard InChI is InChI=1S/C17H15ClN4O/c18-13-5-3-4-12(10-13)17(15-6-1-2-8-19-15)21-16(23)11-14-7-9-20-22-14/h1-10,17H,11H2,(H,20,22)(H,21,23). The number of halogens is 1. The summed E-state index contributed by atoms with van der Waals surface area (Å²) in [6, 6.07) is 14.4. The van der Waals surface area contributed by atoms with Gasteiger partial charge < -0.3 is 5.32 Å². The first-order valence-corrected chi connectivity index (χ1v) is 7.54. The lowest BCUT2D eigenvalue weighted by Crippen LogP contribution is -2.31. The van der Waals surface area contributed by atoms with Crippen LogP contribution < -0.4 is 5.32 Å². The van der Waals surface area contributed by atoms with Crippen LogP contribution in [0.1, 0.15) is 23.0 Å². The van der Waals surface area contributed by atoms with Crippen molar-refractivity contribution in [3.63, 3.8) is 0 Å². The van der Waals surface area contributed by atoms with Gasteiger partial charge in [0.2, 0.25) is 5.91 Å². The summed E-state index contributed by atoms with van der Waals surface area (Å²) >= 11 is 6.08. The summed E-state index contributed by atoms with van der Waals surface area (Å²) in [5.41, 5.74) is 2.40. The summed E-state index contributed by atoms with van der Waals surface area (Å²) in [5, 5.41) is 10.3. The van der Waals surface area contributed by atoms with E-state index in [9.17, 15) is 4.79 Å². The molecule has 0 saturated carbocycles. The third kappa shape index (κ3) is 3.96. The fourth-order valence-electron chi connectivity index (χ4n) is 2.33. The van der Waals surface area contributed by atoms with Crippen molar-refractivity contribution in [3.05, 3.63) is 82.9 Å². The molecule has 3 aromatic rings. The highest BCUT2D eigenvalue weighted by atomic mass is 35.5. The van der Waals surface area contributed by atoms with E-state index in [2.05, 4.69) is 20.5 Å². The molecular formula is C17H15ClN4O. The number of pyridine rings is 1. The number of rotatable bonds is 5. The predicted molar refractivity (Wildman–Crippen MR) is 88.0 cm³/mol. The van der Waals surface area contributed by atoms with Crippen LogP contribution in [-0.2, 0) is 11.2 Å². The number of hydrogen-bond acceptors (Lipinski definition) is 3. The van der Waals surface area contributed by atoms with Crippen molar-refractivity contribution in [1.82, 2.24) is 20.5 Å². The Labute approximate surface area is 138 Å². The van der Waals surface area contributed by atoms with Gasteiger partial charge in [-0.05, 0) is 35.9 Å². The first-order valence-electron chi connectivity index (χ1n) is 7.16. The molecular weight excluding hydrogens is 312 g/mol. The Morgan fingerprint density at radius 3 is 2.78 bits per heavy atom. The first-order chi connectivity index (χ1) is 11.2. The zero-order chi connectivity index (χ0) is 16.1. The molecule has 2 aromatic heterocycles. The number of H-pyrrole nitrogens is 1. The first kappa shape index (κ1) is 15.2. The van der Waals surface area contributed by atoms with E-state index in [0.29, 0.717) is 5.02 Å². The number of nitrogens with one attached hydrogen (secondary N) is 2. The number of nitrogens with zero attached hydrogens (tertiary/aromatic N) is 2. The molecule has 6 heteroatoms. The molecule has 0 aliphatic carbocycles. The molecule has 0 aliphatic heterocycles. The highest BCUT2D eigenvalue weighted by molar-refractivity contribution is 6.30. The molecule has 0 spiro atoms. The minimum absolute atomic E-state index is 0.120. The number of carbonyl (C=O) groups excluding carboxylic acids is 1. The van der Waals surface area contributed by atoms with Gasteiger partial charge in [0.1, 0.15) is 0 Å². The summed E-state index contributed by atoms with van der Waals surface area (Å²) < 4.78 is 0. The van der Waals surface area contributed by atoms with Crippen molar-refractivity contribution in [2.24, 2.45) is 0 Å². The average molecular weight is 327 g/mol. The largest absolute Gasteiger partial charge is 0.343 e. The topological polar surface area (TPSA) is 70.7 Å². The average Bonchev–Trinajstić information content (AvgIpc) is 3.06. The number of aromatic amines is 1. The van der Waals surface area contributed by atoms with Crippen molar-refractivity contribution < 1.29 is 4.79 Å². The highest BCUT2D eigenvalue weighted by Crippen LogP contribution is 2.23. The number of benzene rings is 1. The maximum Gasteiger partial charge on any atom is 0.226 e. The lowest BCUT2D eigenvalue weighted by Gasteiger charge is -2.19. The zero-order valence-electron chi connectivity index (χ0n) is 12.2. The van der Waals surface area contributed by atoms with E-state index in [4.69, 9.17) is 11.6 Å². The molecule has 23 heavy (non-hydrogen) atoms. The number of aromatic nitrogens is 3. The SMILES string of the molecule is O=C(Cc1ccn[nH]1)NC(c1cccc(Cl)c1)c1ccccn1. The minimum Gasteiger partial charge on any atom is -0.343 e. The monoisotopic (exact) mass is 326 g/mol. The van der Waals surface area contributed by atoms with Crippen LogP contribution in [0.5, 0.6) is 0 Å². The normalized spacial score (nSPS) is 11.9. The van der Waals surface area contributed by atoms with E-state index in [1.165, 1.54) is 0 Å². The van der Waals surface area contributed by atoms with Crippen molar-refractivity contribution >= 4 is 17.5 Å². The number of carbonyl (C=O) groups is 1. The lowest BCUT2D eigenvalue weighted by molar-refractivity contribution is -0.121. The second-order valence-electron chi connectivity index (χ2n) is 5.07. The summed E-state index contributed by atoms with van der Waals surface area (Å²) in [6.07, 6.45) is 3.55. The molecule has 1 amide bonds. The van der Waals surface area contributed by atoms with Crippen LogP contribution in [0.4, 0.5) is 0 Å². The predicted octanol–water partition coefficient (Wildman–Crippen LogP) is 2.91. The molecule has 3 rings (SSSR count). The summed E-state index contributed by atoms with van der Waals surface area (Å²) in [4.78, 5) is 16.7. The van der Waals surface area contributed by atoms with Crippen LogP contribution in [0.2, 0.25) is 5.02 Å². The second kappa shape index (κ2) is 7.07. The lowest BCUT2D eigenvalue weighted by atomic mass is 10.0. The Kier molecular flexibility index (Phi) is 4.68. The summed E-state index contributed by atoms with van der Waals surface area (Å²) in [5.74, 6) is -0.120. The molecule has 0 saturated heterocycles. The molecule has 0 fully saturated rings. The van der Waals surface area contributed by atoms with Gasteiger partial charge in [-0.2, -0.15) is 5.10 Å². The van der Waals surface area contributed by atoms with E-state index >= 15 is 0 Å². The molecule has 5 nitrogen and oxygen atoms in total. The Morgan fingerprint density at radius 2 is 2.09 bits per heavy atom. The Balaban J connectivity index is 1.85. The van der Waals surface area contributed by atoms with Crippen LogP contribution in [0.3, 0.4) is 0 Å². The Hall–Kier alpha value is -2.66. The quantitative estimate of drug-likeness (QED) is 0.757. The van der Waals surface area contributed by atoms with Gasteiger partial charge in [-0.1, -0.05) is 29.8 Å². The molecule has 0 aliphatic rings. The molecule has 116 valence electrons. The van der Waals surface area contributed by atoms with Crippen molar-refractivity contribution in [2.45, 2.75) is 12.5 Å². The van der Waals surface area contributed by atoms with Crippen molar-refractivity contribution in [1.29, 1.82) is 0 Å². The van der Waals surface area contributed by atoms with E-state index in [0.717, 1.165) is 17.0 Å². The van der Waals surface area contributed by atoms with Gasteiger partial charge in [0.15, 0.2) is 0 Å². The van der Waals surface area contributed by atoms with Crippen LogP contribution >= 0.6 is 11.6 Å². The molecule has 1 atom stereocenters. The van der Waals surface area contributed by atoms with Gasteiger partial charge in [0, 0.05) is 23.1 Å². The van der Waals surface area contributed by atoms with Gasteiger partial charge in [0.25, 0.3) is 0 Å².